The highest BCUT2D eigenvalue weighted by molar-refractivity contribution is 5.85. The topological polar surface area (TPSA) is 89.9 Å². The lowest BCUT2D eigenvalue weighted by Crippen LogP contribution is -2.48. The van der Waals surface area contributed by atoms with E-state index in [9.17, 15) is 14.7 Å². The lowest BCUT2D eigenvalue weighted by molar-refractivity contribution is -0.147. The number of β-amino-alcohol motifs (C(OH)–C–C–N with tert-alkyl or cyclic N) is 1. The van der Waals surface area contributed by atoms with Crippen LogP contribution in [0.5, 0.6) is 0 Å². The fourth-order valence-electron chi connectivity index (χ4n) is 1.77. The van der Waals surface area contributed by atoms with Gasteiger partial charge in [0.2, 0.25) is 5.91 Å². The molecular formula is C11H20N2O4. The summed E-state index contributed by atoms with van der Waals surface area (Å²) < 4.78 is 0. The van der Waals surface area contributed by atoms with Crippen molar-refractivity contribution in [3.63, 3.8) is 0 Å². The first-order chi connectivity index (χ1) is 7.70. The third-order valence-electron chi connectivity index (χ3n) is 2.65. The second kappa shape index (κ2) is 5.01. The van der Waals surface area contributed by atoms with Gasteiger partial charge in [-0.05, 0) is 20.8 Å². The van der Waals surface area contributed by atoms with Crippen LogP contribution in [0, 0.1) is 0 Å². The van der Waals surface area contributed by atoms with Crippen LogP contribution in [-0.2, 0) is 9.59 Å². The molecule has 1 heterocycles. The van der Waals surface area contributed by atoms with Crippen LogP contribution >= 0.6 is 0 Å². The van der Waals surface area contributed by atoms with Crippen molar-refractivity contribution in [2.24, 2.45) is 0 Å². The fraction of sp³-hybridized carbons (Fsp3) is 0.818. The number of hydrogen-bond donors (Lipinski definition) is 3. The van der Waals surface area contributed by atoms with Crippen LogP contribution in [0.2, 0.25) is 0 Å². The van der Waals surface area contributed by atoms with Crippen molar-refractivity contribution in [1.29, 1.82) is 0 Å². The molecule has 17 heavy (non-hydrogen) atoms. The Morgan fingerprint density at radius 3 is 2.47 bits per heavy atom. The minimum atomic E-state index is -1.06. The van der Waals surface area contributed by atoms with Crippen molar-refractivity contribution < 1.29 is 19.8 Å². The highest BCUT2D eigenvalue weighted by Gasteiger charge is 2.38. The summed E-state index contributed by atoms with van der Waals surface area (Å²) in [5, 5.41) is 21.4. The zero-order valence-corrected chi connectivity index (χ0v) is 10.4. The van der Waals surface area contributed by atoms with E-state index in [0.29, 0.717) is 0 Å². The summed E-state index contributed by atoms with van der Waals surface area (Å²) in [7, 11) is 0. The maximum Gasteiger partial charge on any atom is 0.326 e. The van der Waals surface area contributed by atoms with Crippen molar-refractivity contribution in [3.8, 4) is 0 Å². The monoisotopic (exact) mass is 244 g/mol. The van der Waals surface area contributed by atoms with Gasteiger partial charge in [-0.25, -0.2) is 4.79 Å². The number of nitrogens with one attached hydrogen (secondary N) is 1. The molecule has 1 fully saturated rings. The van der Waals surface area contributed by atoms with Gasteiger partial charge in [-0.1, -0.05) is 0 Å². The first-order valence-corrected chi connectivity index (χ1v) is 5.66. The van der Waals surface area contributed by atoms with E-state index in [0.717, 1.165) is 0 Å². The van der Waals surface area contributed by atoms with E-state index >= 15 is 0 Å². The Morgan fingerprint density at radius 2 is 2.00 bits per heavy atom. The average molecular weight is 244 g/mol. The highest BCUT2D eigenvalue weighted by Crippen LogP contribution is 2.18. The Kier molecular flexibility index (Phi) is 4.11. The zero-order chi connectivity index (χ0) is 13.2. The minimum absolute atomic E-state index is 0.0833. The molecule has 3 N–H and O–H groups in total. The normalized spacial score (nSPS) is 25.1. The summed E-state index contributed by atoms with van der Waals surface area (Å²) in [5.41, 5.74) is -0.202. The third kappa shape index (κ3) is 3.98. The summed E-state index contributed by atoms with van der Waals surface area (Å²) >= 11 is 0. The van der Waals surface area contributed by atoms with Crippen molar-refractivity contribution in [1.82, 2.24) is 10.2 Å². The Balaban J connectivity index is 2.59. The largest absolute Gasteiger partial charge is 0.480 e. The zero-order valence-electron chi connectivity index (χ0n) is 10.4. The minimum Gasteiger partial charge on any atom is -0.480 e. The van der Waals surface area contributed by atoms with Gasteiger partial charge in [-0.15, -0.1) is 0 Å². The molecule has 0 radical (unpaired) electrons. The molecule has 1 aliphatic heterocycles. The van der Waals surface area contributed by atoms with Gasteiger partial charge in [0.15, 0.2) is 0 Å². The number of aliphatic hydroxyl groups is 1. The van der Waals surface area contributed by atoms with Crippen molar-refractivity contribution in [2.45, 2.75) is 44.9 Å². The Hall–Kier alpha value is -1.14. The summed E-state index contributed by atoms with van der Waals surface area (Å²) in [6.07, 6.45) is -0.633. The molecular weight excluding hydrogens is 224 g/mol. The van der Waals surface area contributed by atoms with E-state index in [1.807, 2.05) is 20.8 Å². The number of rotatable bonds is 3. The summed E-state index contributed by atoms with van der Waals surface area (Å²) in [6.45, 7) is 5.96. The van der Waals surface area contributed by atoms with Crippen LogP contribution in [-0.4, -0.2) is 57.8 Å². The molecule has 6 heteroatoms. The number of nitrogens with zero attached hydrogens (tertiary/aromatic N) is 1. The maximum absolute atomic E-state index is 11.8. The van der Waals surface area contributed by atoms with Gasteiger partial charge < -0.3 is 20.4 Å². The number of amides is 1. The van der Waals surface area contributed by atoms with Crippen molar-refractivity contribution in [2.75, 3.05) is 13.1 Å². The summed E-state index contributed by atoms with van der Waals surface area (Å²) in [4.78, 5) is 24.0. The molecule has 0 aromatic carbocycles. The molecule has 1 amide bonds. The second-order valence-corrected chi connectivity index (χ2v) is 5.39. The van der Waals surface area contributed by atoms with Gasteiger partial charge in [0, 0.05) is 18.5 Å². The molecule has 0 bridgehead atoms. The second-order valence-electron chi connectivity index (χ2n) is 5.39. The Morgan fingerprint density at radius 1 is 1.41 bits per heavy atom. The molecule has 6 nitrogen and oxygen atoms in total. The lowest BCUT2D eigenvalue weighted by Gasteiger charge is -2.25. The Labute approximate surface area is 101 Å². The van der Waals surface area contributed by atoms with Gasteiger partial charge in [0.05, 0.1) is 12.6 Å². The van der Waals surface area contributed by atoms with Gasteiger partial charge in [-0.2, -0.15) is 0 Å². The van der Waals surface area contributed by atoms with Gasteiger partial charge in [-0.3, -0.25) is 4.79 Å². The first kappa shape index (κ1) is 13.9. The van der Waals surface area contributed by atoms with Crippen molar-refractivity contribution in [3.05, 3.63) is 0 Å². The number of likely N-dealkylation sites (tertiary alicyclic amines) is 1. The van der Waals surface area contributed by atoms with Crippen LogP contribution in [0.4, 0.5) is 0 Å². The van der Waals surface area contributed by atoms with E-state index < -0.39 is 18.1 Å². The molecule has 1 saturated heterocycles. The predicted molar refractivity (Wildman–Crippen MR) is 61.5 cm³/mol. The van der Waals surface area contributed by atoms with Gasteiger partial charge in [0.25, 0.3) is 0 Å². The van der Waals surface area contributed by atoms with E-state index in [-0.39, 0.29) is 31.0 Å². The quantitative estimate of drug-likeness (QED) is 0.618. The number of carbonyl (C=O) groups excluding carboxylic acids is 1. The van der Waals surface area contributed by atoms with Crippen LogP contribution in [0.3, 0.4) is 0 Å². The molecule has 1 unspecified atom stereocenters. The molecule has 1 aliphatic rings. The number of carboxylic acid groups (broad SMARTS) is 1. The van der Waals surface area contributed by atoms with Gasteiger partial charge in [0.1, 0.15) is 6.04 Å². The summed E-state index contributed by atoms with van der Waals surface area (Å²) in [6, 6.07) is -0.903. The van der Waals surface area contributed by atoms with Crippen LogP contribution in [0.25, 0.3) is 0 Å². The average Bonchev–Trinajstić information content (AvgIpc) is 2.55. The molecule has 1 rings (SSSR count). The lowest BCUT2D eigenvalue weighted by atomic mass is 10.1. The third-order valence-corrected chi connectivity index (χ3v) is 2.65. The van der Waals surface area contributed by atoms with Crippen molar-refractivity contribution >= 4 is 11.9 Å². The number of carbonyl (C=O) groups is 2. The Bertz CT molecular complexity index is 311. The molecule has 98 valence electrons. The van der Waals surface area contributed by atoms with E-state index in [1.54, 1.807) is 0 Å². The van der Waals surface area contributed by atoms with E-state index in [4.69, 9.17) is 5.11 Å². The molecule has 0 saturated carbocycles. The number of hydrogen-bond acceptors (Lipinski definition) is 4. The number of aliphatic carboxylic acids is 1. The van der Waals surface area contributed by atoms with Crippen LogP contribution in [0.15, 0.2) is 0 Å². The maximum atomic E-state index is 11.8. The highest BCUT2D eigenvalue weighted by atomic mass is 16.4. The van der Waals surface area contributed by atoms with Gasteiger partial charge >= 0.3 is 5.97 Å². The molecule has 2 atom stereocenters. The summed E-state index contributed by atoms with van der Waals surface area (Å²) in [5.74, 6) is -1.35. The molecule has 0 spiro atoms. The molecule has 0 aliphatic carbocycles. The van der Waals surface area contributed by atoms with E-state index in [2.05, 4.69) is 5.32 Å². The number of carboxylic acids is 1. The molecule has 0 aromatic rings. The fourth-order valence-corrected chi connectivity index (χ4v) is 1.77. The first-order valence-electron chi connectivity index (χ1n) is 5.66. The van der Waals surface area contributed by atoms with E-state index in [1.165, 1.54) is 4.90 Å². The number of aliphatic hydroxyl groups excluding tert-OH is 1. The molecule has 0 aromatic heterocycles. The van der Waals surface area contributed by atoms with Crippen LogP contribution in [0.1, 0.15) is 27.2 Å². The SMILES string of the molecule is CC(C)(C)NCC(=O)N1CC(O)C[C@H]1C(=O)O. The van der Waals surface area contributed by atoms with Crippen LogP contribution < -0.4 is 5.32 Å². The smallest absolute Gasteiger partial charge is 0.326 e. The standard InChI is InChI=1S/C11H20N2O4/c1-11(2,3)12-5-9(15)13-6-7(14)4-8(13)10(16)17/h7-8,12,14H,4-6H2,1-3H3,(H,16,17)/t7?,8-/m0/s1. The predicted octanol–water partition coefficient (Wildman–Crippen LogP) is -0.579.